The van der Waals surface area contributed by atoms with E-state index in [-0.39, 0.29) is 12.1 Å². The molecule has 0 aromatic carbocycles. The highest BCUT2D eigenvalue weighted by Gasteiger charge is 2.35. The molecule has 1 saturated heterocycles. The topological polar surface area (TPSA) is 54.9 Å². The van der Waals surface area contributed by atoms with Gasteiger partial charge in [-0.25, -0.2) is 9.78 Å². The fourth-order valence-electron chi connectivity index (χ4n) is 3.10. The number of aromatic nitrogens is 1. The molecule has 1 amide bonds. The second-order valence-electron chi connectivity index (χ2n) is 7.29. The number of pyridine rings is 1. The van der Waals surface area contributed by atoms with Crippen LogP contribution in [0.2, 0.25) is 5.02 Å². The Morgan fingerprint density at radius 3 is 2.88 bits per heavy atom. The van der Waals surface area contributed by atoms with Crippen LogP contribution in [0.1, 0.15) is 32.8 Å². The SMILES string of the molecule is Cc1c(Cl)cnc2c1OCCC1CN(C(=O)OC(C)(C)C)CCN21. The molecule has 2 aliphatic heterocycles. The molecule has 0 radical (unpaired) electrons. The standard InChI is InChI=1S/C17H24ClN3O3/c1-11-13(18)9-19-15-14(11)23-8-5-12-10-20(6-7-21(12)15)16(22)24-17(2,3)4/h9,12H,5-8,10H2,1-4H3. The van der Waals surface area contributed by atoms with Crippen molar-refractivity contribution in [2.75, 3.05) is 31.1 Å². The van der Waals surface area contributed by atoms with Crippen LogP contribution < -0.4 is 9.64 Å². The number of amides is 1. The molecular formula is C17H24ClN3O3. The Labute approximate surface area is 147 Å². The fraction of sp³-hybridized carbons (Fsp3) is 0.647. The summed E-state index contributed by atoms with van der Waals surface area (Å²) < 4.78 is 11.4. The number of hydrogen-bond donors (Lipinski definition) is 0. The van der Waals surface area contributed by atoms with Gasteiger partial charge in [-0.3, -0.25) is 0 Å². The van der Waals surface area contributed by atoms with Crippen molar-refractivity contribution < 1.29 is 14.3 Å². The Morgan fingerprint density at radius 2 is 2.17 bits per heavy atom. The lowest BCUT2D eigenvalue weighted by Gasteiger charge is -2.41. The molecule has 0 spiro atoms. The second-order valence-corrected chi connectivity index (χ2v) is 7.70. The summed E-state index contributed by atoms with van der Waals surface area (Å²) in [5, 5.41) is 0.611. The van der Waals surface area contributed by atoms with Crippen molar-refractivity contribution in [2.24, 2.45) is 0 Å². The van der Waals surface area contributed by atoms with Crippen molar-refractivity contribution in [1.82, 2.24) is 9.88 Å². The maximum atomic E-state index is 12.3. The molecule has 6 nitrogen and oxygen atoms in total. The lowest BCUT2D eigenvalue weighted by Crippen LogP contribution is -2.55. The summed E-state index contributed by atoms with van der Waals surface area (Å²) in [4.78, 5) is 20.8. The van der Waals surface area contributed by atoms with Gasteiger partial charge in [0.05, 0.1) is 17.7 Å². The Hall–Kier alpha value is -1.69. The van der Waals surface area contributed by atoms with Gasteiger partial charge in [-0.05, 0) is 27.7 Å². The lowest BCUT2D eigenvalue weighted by atomic mass is 10.1. The summed E-state index contributed by atoms with van der Waals surface area (Å²) in [5.74, 6) is 1.58. The van der Waals surface area contributed by atoms with E-state index in [4.69, 9.17) is 21.1 Å². The first kappa shape index (κ1) is 17.1. The van der Waals surface area contributed by atoms with E-state index in [9.17, 15) is 4.79 Å². The molecule has 1 atom stereocenters. The summed E-state index contributed by atoms with van der Waals surface area (Å²) in [6, 6.07) is 0.167. The number of fused-ring (bicyclic) bond motifs is 3. The predicted octanol–water partition coefficient (Wildman–Crippen LogP) is 3.25. The summed E-state index contributed by atoms with van der Waals surface area (Å²) in [5.41, 5.74) is 0.430. The Bertz CT molecular complexity index is 645. The number of hydrogen-bond acceptors (Lipinski definition) is 5. The van der Waals surface area contributed by atoms with Crippen molar-refractivity contribution in [3.63, 3.8) is 0 Å². The van der Waals surface area contributed by atoms with Crippen LogP contribution in [0.5, 0.6) is 5.75 Å². The maximum Gasteiger partial charge on any atom is 0.410 e. The minimum absolute atomic E-state index is 0.167. The predicted molar refractivity (Wildman–Crippen MR) is 93.0 cm³/mol. The first-order valence-corrected chi connectivity index (χ1v) is 8.66. The van der Waals surface area contributed by atoms with Crippen molar-refractivity contribution in [3.8, 4) is 5.75 Å². The van der Waals surface area contributed by atoms with Crippen molar-refractivity contribution in [3.05, 3.63) is 16.8 Å². The van der Waals surface area contributed by atoms with Crippen LogP contribution in [0.15, 0.2) is 6.20 Å². The summed E-state index contributed by atoms with van der Waals surface area (Å²) >= 11 is 6.17. The minimum Gasteiger partial charge on any atom is -0.489 e. The van der Waals surface area contributed by atoms with Crippen LogP contribution in [-0.2, 0) is 4.74 Å². The fourth-order valence-corrected chi connectivity index (χ4v) is 3.23. The molecule has 1 aromatic heterocycles. The Kier molecular flexibility index (Phi) is 4.51. The van der Waals surface area contributed by atoms with Gasteiger partial charge in [-0.1, -0.05) is 11.6 Å². The molecule has 1 unspecified atom stereocenters. The van der Waals surface area contributed by atoms with Crippen LogP contribution in [0.25, 0.3) is 0 Å². The molecule has 7 heteroatoms. The van der Waals surface area contributed by atoms with Crippen molar-refractivity contribution in [1.29, 1.82) is 0 Å². The molecule has 24 heavy (non-hydrogen) atoms. The van der Waals surface area contributed by atoms with E-state index in [1.54, 1.807) is 11.1 Å². The third kappa shape index (κ3) is 3.38. The molecule has 1 fully saturated rings. The third-order valence-corrected chi connectivity index (χ3v) is 4.69. The van der Waals surface area contributed by atoms with Gasteiger partial charge < -0.3 is 19.3 Å². The second kappa shape index (κ2) is 6.31. The third-order valence-electron chi connectivity index (χ3n) is 4.31. The quantitative estimate of drug-likeness (QED) is 0.716. The van der Waals surface area contributed by atoms with Crippen molar-refractivity contribution in [2.45, 2.75) is 45.8 Å². The van der Waals surface area contributed by atoms with E-state index >= 15 is 0 Å². The normalized spacial score (nSPS) is 20.6. The average Bonchev–Trinajstić information content (AvgIpc) is 2.68. The van der Waals surface area contributed by atoms with Gasteiger partial charge in [-0.2, -0.15) is 0 Å². The number of rotatable bonds is 0. The highest BCUT2D eigenvalue weighted by atomic mass is 35.5. The van der Waals surface area contributed by atoms with Gasteiger partial charge in [0, 0.05) is 37.8 Å². The lowest BCUT2D eigenvalue weighted by molar-refractivity contribution is 0.0210. The zero-order valence-electron chi connectivity index (χ0n) is 14.6. The van der Waals surface area contributed by atoms with E-state index in [2.05, 4.69) is 9.88 Å². The number of piperazine rings is 1. The van der Waals surface area contributed by atoms with Gasteiger partial charge in [0.25, 0.3) is 0 Å². The number of carbonyl (C=O) groups is 1. The summed E-state index contributed by atoms with van der Waals surface area (Å²) in [6.45, 7) is 10.1. The van der Waals surface area contributed by atoms with E-state index in [1.165, 1.54) is 0 Å². The van der Waals surface area contributed by atoms with E-state index in [1.807, 2.05) is 27.7 Å². The molecule has 3 rings (SSSR count). The molecule has 3 heterocycles. The van der Waals surface area contributed by atoms with Crippen LogP contribution in [-0.4, -0.2) is 53.9 Å². The van der Waals surface area contributed by atoms with E-state index in [0.29, 0.717) is 31.3 Å². The van der Waals surface area contributed by atoms with E-state index < -0.39 is 5.60 Å². The average molecular weight is 354 g/mol. The number of ether oxygens (including phenoxy) is 2. The smallest absolute Gasteiger partial charge is 0.410 e. The molecule has 0 saturated carbocycles. The molecule has 0 N–H and O–H groups in total. The zero-order chi connectivity index (χ0) is 17.5. The molecule has 132 valence electrons. The van der Waals surface area contributed by atoms with Gasteiger partial charge in [-0.15, -0.1) is 0 Å². The number of anilines is 1. The minimum atomic E-state index is -0.483. The molecule has 2 aliphatic rings. The van der Waals surface area contributed by atoms with Crippen molar-refractivity contribution >= 4 is 23.5 Å². The highest BCUT2D eigenvalue weighted by molar-refractivity contribution is 6.31. The number of carbonyl (C=O) groups excluding carboxylic acids is 1. The first-order valence-electron chi connectivity index (χ1n) is 8.29. The maximum absolute atomic E-state index is 12.3. The van der Waals surface area contributed by atoms with Crippen LogP contribution in [0.4, 0.5) is 10.6 Å². The number of nitrogens with zero attached hydrogens (tertiary/aromatic N) is 3. The summed E-state index contributed by atoms with van der Waals surface area (Å²) in [6.07, 6.45) is 2.24. The van der Waals surface area contributed by atoms with Gasteiger partial charge in [0.15, 0.2) is 11.6 Å². The molecule has 1 aromatic rings. The first-order chi connectivity index (χ1) is 11.3. The molecular weight excluding hydrogens is 330 g/mol. The van der Waals surface area contributed by atoms with Gasteiger partial charge >= 0.3 is 6.09 Å². The largest absolute Gasteiger partial charge is 0.489 e. The van der Waals surface area contributed by atoms with Gasteiger partial charge in [0.2, 0.25) is 0 Å². The molecule has 0 aliphatic carbocycles. The van der Waals surface area contributed by atoms with E-state index in [0.717, 1.165) is 23.6 Å². The Balaban J connectivity index is 1.79. The molecule has 0 bridgehead atoms. The zero-order valence-corrected chi connectivity index (χ0v) is 15.4. The highest BCUT2D eigenvalue weighted by Crippen LogP contribution is 2.38. The van der Waals surface area contributed by atoms with Crippen LogP contribution in [0, 0.1) is 6.92 Å². The van der Waals surface area contributed by atoms with Crippen LogP contribution in [0.3, 0.4) is 0 Å². The summed E-state index contributed by atoms with van der Waals surface area (Å²) in [7, 11) is 0. The monoisotopic (exact) mass is 353 g/mol. The number of halogens is 1. The Morgan fingerprint density at radius 1 is 1.42 bits per heavy atom. The van der Waals surface area contributed by atoms with Gasteiger partial charge in [0.1, 0.15) is 5.60 Å². The van der Waals surface area contributed by atoms with Crippen LogP contribution >= 0.6 is 11.6 Å².